The zero-order chi connectivity index (χ0) is 14.9. The topological polar surface area (TPSA) is 39.7 Å². The summed E-state index contributed by atoms with van der Waals surface area (Å²) in [5.74, 6) is 0.933. The van der Waals surface area contributed by atoms with E-state index in [1.807, 2.05) is 0 Å². The van der Waals surface area contributed by atoms with Gasteiger partial charge in [0.2, 0.25) is 0 Å². The number of guanidine groups is 1. The first-order valence-electron chi connectivity index (χ1n) is 8.07. The number of aryl methyl sites for hydroxylation is 1. The van der Waals surface area contributed by atoms with E-state index in [0.29, 0.717) is 0 Å². The zero-order valence-corrected chi connectivity index (χ0v) is 16.9. The van der Waals surface area contributed by atoms with Crippen LogP contribution in [0.3, 0.4) is 0 Å². The summed E-state index contributed by atoms with van der Waals surface area (Å²) in [7, 11) is 0. The molecule has 0 aromatic carbocycles. The molecule has 0 aliphatic carbocycles. The Balaban J connectivity index is 0.00000242. The lowest BCUT2D eigenvalue weighted by molar-refractivity contribution is 0.232. The van der Waals surface area contributed by atoms with Gasteiger partial charge in [0.1, 0.15) is 0 Å². The minimum Gasteiger partial charge on any atom is -0.357 e. The van der Waals surface area contributed by atoms with E-state index < -0.39 is 0 Å². The van der Waals surface area contributed by atoms with Crippen molar-refractivity contribution in [3.05, 3.63) is 21.9 Å². The summed E-state index contributed by atoms with van der Waals surface area (Å²) in [4.78, 5) is 8.58. The van der Waals surface area contributed by atoms with E-state index in [9.17, 15) is 0 Å². The molecule has 6 heteroatoms. The summed E-state index contributed by atoms with van der Waals surface area (Å²) in [5.41, 5.74) is 1.34. The lowest BCUT2D eigenvalue weighted by Crippen LogP contribution is -2.42. The largest absolute Gasteiger partial charge is 0.357 e. The quantitative estimate of drug-likeness (QED) is 0.409. The van der Waals surface area contributed by atoms with Gasteiger partial charge in [-0.3, -0.25) is 0 Å². The number of rotatable bonds is 6. The van der Waals surface area contributed by atoms with Crippen LogP contribution in [0.1, 0.15) is 36.6 Å². The van der Waals surface area contributed by atoms with Crippen molar-refractivity contribution in [2.24, 2.45) is 4.99 Å². The van der Waals surface area contributed by atoms with Crippen LogP contribution in [0.15, 0.2) is 16.4 Å². The first-order valence-corrected chi connectivity index (χ1v) is 8.95. The fourth-order valence-corrected chi connectivity index (χ4v) is 3.40. The van der Waals surface area contributed by atoms with E-state index in [0.717, 1.165) is 32.1 Å². The summed E-state index contributed by atoms with van der Waals surface area (Å²) >= 11 is 1.79. The molecule has 1 aromatic rings. The van der Waals surface area contributed by atoms with E-state index in [2.05, 4.69) is 45.8 Å². The van der Waals surface area contributed by atoms with Crippen molar-refractivity contribution >= 4 is 41.3 Å². The third-order valence-electron chi connectivity index (χ3n) is 3.86. The number of hydrogen-bond acceptors (Lipinski definition) is 3. The molecule has 0 radical (unpaired) electrons. The minimum absolute atomic E-state index is 0. The fraction of sp³-hybridized carbons (Fsp3) is 0.688. The number of piperidine rings is 1. The van der Waals surface area contributed by atoms with Gasteiger partial charge in [0, 0.05) is 24.5 Å². The summed E-state index contributed by atoms with van der Waals surface area (Å²) in [5, 5.41) is 8.91. The second kappa shape index (κ2) is 11.2. The fourth-order valence-electron chi connectivity index (χ4n) is 2.57. The maximum Gasteiger partial charge on any atom is 0.191 e. The van der Waals surface area contributed by atoms with Gasteiger partial charge in [-0.2, -0.15) is 0 Å². The third-order valence-corrected chi connectivity index (χ3v) is 4.87. The normalized spacial score (nSPS) is 16.2. The van der Waals surface area contributed by atoms with Gasteiger partial charge in [0.15, 0.2) is 5.96 Å². The first kappa shape index (κ1) is 19.7. The molecule has 22 heavy (non-hydrogen) atoms. The Kier molecular flexibility index (Phi) is 10.1. The van der Waals surface area contributed by atoms with Crippen LogP contribution in [0, 0.1) is 6.92 Å². The van der Waals surface area contributed by atoms with Crippen LogP contribution in [-0.4, -0.2) is 43.6 Å². The van der Waals surface area contributed by atoms with Gasteiger partial charge in [0.05, 0.1) is 6.54 Å². The number of aliphatic imine (C=N–C) groups is 1. The van der Waals surface area contributed by atoms with Gasteiger partial charge in [-0.25, -0.2) is 4.99 Å². The highest BCUT2D eigenvalue weighted by Gasteiger charge is 2.09. The molecule has 0 spiro atoms. The van der Waals surface area contributed by atoms with Crippen LogP contribution >= 0.6 is 35.3 Å². The molecular formula is C16H29IN4S. The van der Waals surface area contributed by atoms with Crippen LogP contribution in [0.2, 0.25) is 0 Å². The van der Waals surface area contributed by atoms with Gasteiger partial charge in [-0.15, -0.1) is 35.3 Å². The van der Waals surface area contributed by atoms with Gasteiger partial charge in [-0.05, 0) is 56.8 Å². The van der Waals surface area contributed by atoms with Crippen LogP contribution in [0.5, 0.6) is 0 Å². The van der Waals surface area contributed by atoms with Crippen LogP contribution in [0.25, 0.3) is 0 Å². The van der Waals surface area contributed by atoms with Gasteiger partial charge in [0.25, 0.3) is 0 Å². The Morgan fingerprint density at radius 1 is 1.27 bits per heavy atom. The molecule has 1 aromatic heterocycles. The number of nitrogens with one attached hydrogen (secondary N) is 2. The summed E-state index contributed by atoms with van der Waals surface area (Å²) in [6, 6.07) is 2.16. The van der Waals surface area contributed by atoms with E-state index in [4.69, 9.17) is 0 Å². The molecular weight excluding hydrogens is 407 g/mol. The Bertz CT molecular complexity index is 441. The van der Waals surface area contributed by atoms with E-state index in [1.54, 1.807) is 11.3 Å². The highest BCUT2D eigenvalue weighted by Crippen LogP contribution is 2.16. The number of hydrogen-bond donors (Lipinski definition) is 2. The number of halogens is 1. The molecule has 2 N–H and O–H groups in total. The zero-order valence-electron chi connectivity index (χ0n) is 13.7. The lowest BCUT2D eigenvalue weighted by Gasteiger charge is -2.26. The molecule has 1 fully saturated rings. The third kappa shape index (κ3) is 6.83. The number of thiophene rings is 1. The lowest BCUT2D eigenvalue weighted by atomic mass is 10.1. The molecule has 1 aliphatic heterocycles. The summed E-state index contributed by atoms with van der Waals surface area (Å²) in [6.45, 7) is 10.5. The van der Waals surface area contributed by atoms with Crippen molar-refractivity contribution in [2.75, 3.05) is 32.7 Å². The van der Waals surface area contributed by atoms with Crippen molar-refractivity contribution in [3.63, 3.8) is 0 Å². The predicted molar refractivity (Wildman–Crippen MR) is 108 cm³/mol. The average Bonchev–Trinajstić information content (AvgIpc) is 2.91. The molecule has 0 bridgehead atoms. The molecule has 4 nitrogen and oxygen atoms in total. The second-order valence-corrected chi connectivity index (χ2v) is 6.55. The van der Waals surface area contributed by atoms with Crippen LogP contribution < -0.4 is 10.6 Å². The highest BCUT2D eigenvalue weighted by molar-refractivity contribution is 14.0. The van der Waals surface area contributed by atoms with E-state index >= 15 is 0 Å². The maximum atomic E-state index is 4.69. The van der Waals surface area contributed by atoms with Crippen molar-refractivity contribution in [1.29, 1.82) is 0 Å². The second-order valence-electron chi connectivity index (χ2n) is 5.55. The Labute approximate surface area is 155 Å². The Hall–Kier alpha value is -0.340. The van der Waals surface area contributed by atoms with Gasteiger partial charge in [-0.1, -0.05) is 6.42 Å². The van der Waals surface area contributed by atoms with E-state index in [-0.39, 0.29) is 24.0 Å². The van der Waals surface area contributed by atoms with Crippen molar-refractivity contribution < 1.29 is 0 Å². The monoisotopic (exact) mass is 436 g/mol. The Morgan fingerprint density at radius 3 is 2.68 bits per heavy atom. The molecule has 1 saturated heterocycles. The molecule has 2 heterocycles. The molecule has 1 aliphatic rings. The SMILES string of the molecule is CCNC(=NCc1sccc1C)NCCN1CCCCC1.I. The standard InChI is InChI=1S/C16H28N4S.HI/c1-3-17-16(19-13-15-14(2)7-12-21-15)18-8-11-20-9-5-4-6-10-20;/h7,12H,3-6,8-11,13H2,1-2H3,(H2,17,18,19);1H. The molecule has 126 valence electrons. The summed E-state index contributed by atoms with van der Waals surface area (Å²) in [6.07, 6.45) is 4.10. The minimum atomic E-state index is 0. The van der Waals surface area contributed by atoms with Crippen molar-refractivity contribution in [3.8, 4) is 0 Å². The predicted octanol–water partition coefficient (Wildman–Crippen LogP) is 3.22. The summed E-state index contributed by atoms with van der Waals surface area (Å²) < 4.78 is 0. The highest BCUT2D eigenvalue weighted by atomic mass is 127. The molecule has 2 rings (SSSR count). The molecule has 0 amide bonds. The maximum absolute atomic E-state index is 4.69. The van der Waals surface area contributed by atoms with Gasteiger partial charge < -0.3 is 15.5 Å². The van der Waals surface area contributed by atoms with Crippen molar-refractivity contribution in [2.45, 2.75) is 39.7 Å². The number of likely N-dealkylation sites (tertiary alicyclic amines) is 1. The molecule has 0 atom stereocenters. The first-order chi connectivity index (χ1) is 10.3. The van der Waals surface area contributed by atoms with E-state index in [1.165, 1.54) is 42.8 Å². The Morgan fingerprint density at radius 2 is 2.05 bits per heavy atom. The van der Waals surface area contributed by atoms with Gasteiger partial charge >= 0.3 is 0 Å². The van der Waals surface area contributed by atoms with Crippen LogP contribution in [-0.2, 0) is 6.54 Å². The average molecular weight is 436 g/mol. The van der Waals surface area contributed by atoms with Crippen LogP contribution in [0.4, 0.5) is 0 Å². The smallest absolute Gasteiger partial charge is 0.191 e. The molecule has 0 unspecified atom stereocenters. The van der Waals surface area contributed by atoms with Crippen molar-refractivity contribution in [1.82, 2.24) is 15.5 Å². The number of nitrogens with zero attached hydrogens (tertiary/aromatic N) is 2. The molecule has 0 saturated carbocycles.